The number of sulfone groups is 1. The Bertz CT molecular complexity index is 1000. The molecule has 32 heavy (non-hydrogen) atoms. The van der Waals surface area contributed by atoms with Crippen molar-refractivity contribution in [1.29, 1.82) is 0 Å². The molecule has 2 aromatic rings. The van der Waals surface area contributed by atoms with Gasteiger partial charge in [-0.25, -0.2) is 18.2 Å². The number of anilines is 1. The van der Waals surface area contributed by atoms with Gasteiger partial charge in [0.25, 0.3) is 0 Å². The Morgan fingerprint density at radius 1 is 1.19 bits per heavy atom. The highest BCUT2D eigenvalue weighted by atomic mass is 32.2. The first-order valence-corrected chi connectivity index (χ1v) is 12.9. The van der Waals surface area contributed by atoms with Crippen LogP contribution in [0.25, 0.3) is 0 Å². The number of aliphatic carboxylic acids is 1. The standard InChI is InChI=1S/C21H27N3O6S2/c25-18(26)15-32(28,29)19-13-22-20(31-19)23-21(27)24(17-9-5-2-6-10-17)11-12-30-14-16-7-3-1-4-8-16/h1,3-4,7-8,13,17H,2,5-6,9-12,14-15H2,(H,25,26)(H,22,23,27). The minimum atomic E-state index is -3.99. The molecule has 1 aliphatic rings. The molecule has 11 heteroatoms. The lowest BCUT2D eigenvalue weighted by Gasteiger charge is -2.34. The predicted octanol–water partition coefficient (Wildman–Crippen LogP) is 3.38. The zero-order chi connectivity index (χ0) is 23.0. The maximum Gasteiger partial charge on any atom is 0.323 e. The van der Waals surface area contributed by atoms with Gasteiger partial charge in [0.05, 0.1) is 19.4 Å². The summed E-state index contributed by atoms with van der Waals surface area (Å²) in [6.07, 6.45) is 6.13. The molecule has 0 saturated heterocycles. The highest BCUT2D eigenvalue weighted by Crippen LogP contribution is 2.26. The van der Waals surface area contributed by atoms with E-state index in [1.54, 1.807) is 4.90 Å². The van der Waals surface area contributed by atoms with Crippen molar-refractivity contribution < 1.29 is 27.9 Å². The number of carboxylic acids is 1. The zero-order valence-electron chi connectivity index (χ0n) is 17.6. The summed E-state index contributed by atoms with van der Waals surface area (Å²) in [7, 11) is -3.99. The second kappa shape index (κ2) is 11.4. The number of nitrogens with zero attached hydrogens (tertiary/aromatic N) is 2. The van der Waals surface area contributed by atoms with Crippen LogP contribution >= 0.6 is 11.3 Å². The number of amides is 2. The van der Waals surface area contributed by atoms with E-state index in [1.807, 2.05) is 30.3 Å². The molecule has 1 saturated carbocycles. The highest BCUT2D eigenvalue weighted by Gasteiger charge is 2.27. The van der Waals surface area contributed by atoms with Gasteiger partial charge in [-0.05, 0) is 18.4 Å². The van der Waals surface area contributed by atoms with E-state index in [1.165, 1.54) is 0 Å². The van der Waals surface area contributed by atoms with Gasteiger partial charge in [-0.3, -0.25) is 10.1 Å². The number of nitrogens with one attached hydrogen (secondary N) is 1. The summed E-state index contributed by atoms with van der Waals surface area (Å²) in [4.78, 5) is 29.4. The van der Waals surface area contributed by atoms with Crippen LogP contribution in [0, 0.1) is 0 Å². The number of carbonyl (C=O) groups excluding carboxylic acids is 1. The van der Waals surface area contributed by atoms with Gasteiger partial charge in [0.1, 0.15) is 4.21 Å². The van der Waals surface area contributed by atoms with Gasteiger partial charge in [-0.1, -0.05) is 60.9 Å². The molecular weight excluding hydrogens is 454 g/mol. The Kier molecular flexibility index (Phi) is 8.60. The van der Waals surface area contributed by atoms with E-state index < -0.39 is 21.6 Å². The van der Waals surface area contributed by atoms with Crippen LogP contribution in [0.3, 0.4) is 0 Å². The number of carboxylic acid groups (broad SMARTS) is 1. The Hall–Kier alpha value is -2.50. The second-order valence-corrected chi connectivity index (χ2v) is 10.8. The van der Waals surface area contributed by atoms with Crippen molar-refractivity contribution in [2.24, 2.45) is 0 Å². The van der Waals surface area contributed by atoms with Crippen LogP contribution < -0.4 is 5.32 Å². The summed E-state index contributed by atoms with van der Waals surface area (Å²) >= 11 is 0.748. The third kappa shape index (κ3) is 7.01. The van der Waals surface area contributed by atoms with Crippen LogP contribution in [0.1, 0.15) is 37.7 Å². The topological polar surface area (TPSA) is 126 Å². The number of rotatable bonds is 10. The minimum absolute atomic E-state index is 0.0826. The van der Waals surface area contributed by atoms with E-state index in [4.69, 9.17) is 9.84 Å². The number of hydrogen-bond donors (Lipinski definition) is 2. The van der Waals surface area contributed by atoms with Crippen molar-refractivity contribution in [2.45, 2.75) is 49.0 Å². The van der Waals surface area contributed by atoms with E-state index in [2.05, 4.69) is 10.3 Å². The minimum Gasteiger partial charge on any atom is -0.480 e. The number of aromatic nitrogens is 1. The molecule has 0 radical (unpaired) electrons. The molecule has 0 aliphatic heterocycles. The first-order valence-electron chi connectivity index (χ1n) is 10.4. The predicted molar refractivity (Wildman–Crippen MR) is 120 cm³/mol. The van der Waals surface area contributed by atoms with Crippen molar-refractivity contribution in [3.8, 4) is 0 Å². The van der Waals surface area contributed by atoms with Gasteiger partial charge in [-0.2, -0.15) is 0 Å². The SMILES string of the molecule is O=C(O)CS(=O)(=O)c1cnc(NC(=O)N(CCOCc2ccccc2)C2CCCCC2)s1. The lowest BCUT2D eigenvalue weighted by molar-refractivity contribution is -0.134. The summed E-state index contributed by atoms with van der Waals surface area (Å²) in [6.45, 7) is 1.23. The fourth-order valence-electron chi connectivity index (χ4n) is 3.63. The average molecular weight is 482 g/mol. The summed E-state index contributed by atoms with van der Waals surface area (Å²) in [5.41, 5.74) is 1.05. The smallest absolute Gasteiger partial charge is 0.323 e. The van der Waals surface area contributed by atoms with Crippen LogP contribution in [0.2, 0.25) is 0 Å². The molecule has 0 atom stereocenters. The molecule has 2 N–H and O–H groups in total. The third-order valence-corrected chi connectivity index (χ3v) is 8.25. The molecule has 2 amide bonds. The van der Waals surface area contributed by atoms with E-state index in [0.717, 1.165) is 55.2 Å². The van der Waals surface area contributed by atoms with Crippen molar-refractivity contribution in [3.05, 3.63) is 42.1 Å². The van der Waals surface area contributed by atoms with Crippen molar-refractivity contribution in [2.75, 3.05) is 24.2 Å². The highest BCUT2D eigenvalue weighted by molar-refractivity contribution is 7.94. The van der Waals surface area contributed by atoms with E-state index >= 15 is 0 Å². The lowest BCUT2D eigenvalue weighted by Crippen LogP contribution is -2.45. The Morgan fingerprint density at radius 3 is 2.59 bits per heavy atom. The first kappa shape index (κ1) is 24.1. The molecule has 1 fully saturated rings. The molecule has 3 rings (SSSR count). The van der Waals surface area contributed by atoms with Gasteiger partial charge in [0, 0.05) is 12.6 Å². The molecule has 9 nitrogen and oxygen atoms in total. The molecule has 0 unspecified atom stereocenters. The summed E-state index contributed by atoms with van der Waals surface area (Å²) < 4.78 is 29.7. The van der Waals surface area contributed by atoms with Crippen molar-refractivity contribution >= 4 is 38.3 Å². The number of benzene rings is 1. The van der Waals surface area contributed by atoms with E-state index in [0.29, 0.717) is 19.8 Å². The number of urea groups is 1. The fraction of sp³-hybridized carbons (Fsp3) is 0.476. The van der Waals surface area contributed by atoms with Gasteiger partial charge in [0.2, 0.25) is 0 Å². The number of ether oxygens (including phenoxy) is 1. The monoisotopic (exact) mass is 481 g/mol. The molecule has 1 heterocycles. The molecule has 0 bridgehead atoms. The number of hydrogen-bond acceptors (Lipinski definition) is 7. The summed E-state index contributed by atoms with van der Waals surface area (Å²) in [5.74, 6) is -2.46. The van der Waals surface area contributed by atoms with Crippen molar-refractivity contribution in [1.82, 2.24) is 9.88 Å². The van der Waals surface area contributed by atoms with Gasteiger partial charge in [-0.15, -0.1) is 0 Å². The molecule has 0 spiro atoms. The van der Waals surface area contributed by atoms with Crippen LogP contribution in [-0.2, 0) is 26.0 Å². The molecule has 174 valence electrons. The Balaban J connectivity index is 1.61. The van der Waals surface area contributed by atoms with E-state index in [-0.39, 0.29) is 21.4 Å². The number of thiazole rings is 1. The van der Waals surface area contributed by atoms with Crippen molar-refractivity contribution in [3.63, 3.8) is 0 Å². The Labute approximate surface area is 191 Å². The summed E-state index contributed by atoms with van der Waals surface area (Å²) in [6, 6.07) is 9.50. The van der Waals surface area contributed by atoms with Gasteiger partial charge < -0.3 is 14.7 Å². The maximum atomic E-state index is 13.0. The van der Waals surface area contributed by atoms with Gasteiger partial charge >= 0.3 is 12.0 Å². The summed E-state index contributed by atoms with van der Waals surface area (Å²) in [5, 5.41) is 11.6. The van der Waals surface area contributed by atoms with Crippen LogP contribution in [-0.4, -0.2) is 60.4 Å². The molecular formula is C21H27N3O6S2. The molecule has 1 aromatic carbocycles. The first-order chi connectivity index (χ1) is 15.3. The van der Waals surface area contributed by atoms with Crippen LogP contribution in [0.4, 0.5) is 9.93 Å². The fourth-order valence-corrected chi connectivity index (χ4v) is 5.77. The third-order valence-electron chi connectivity index (χ3n) is 5.18. The van der Waals surface area contributed by atoms with E-state index in [9.17, 15) is 18.0 Å². The molecule has 1 aliphatic carbocycles. The zero-order valence-corrected chi connectivity index (χ0v) is 19.2. The average Bonchev–Trinajstić information content (AvgIpc) is 3.24. The van der Waals surface area contributed by atoms with Gasteiger partial charge in [0.15, 0.2) is 20.7 Å². The molecule has 1 aromatic heterocycles. The van der Waals surface area contributed by atoms with Crippen LogP contribution in [0.15, 0.2) is 40.7 Å². The normalized spacial score (nSPS) is 14.8. The quantitative estimate of drug-likeness (QED) is 0.498. The maximum absolute atomic E-state index is 13.0. The Morgan fingerprint density at radius 2 is 1.91 bits per heavy atom. The van der Waals surface area contributed by atoms with Crippen LogP contribution in [0.5, 0.6) is 0 Å². The number of carbonyl (C=O) groups is 2. The lowest BCUT2D eigenvalue weighted by atomic mass is 9.94. The largest absolute Gasteiger partial charge is 0.480 e. The second-order valence-electron chi connectivity index (χ2n) is 7.59.